The molecule has 0 radical (unpaired) electrons. The van der Waals surface area contributed by atoms with E-state index in [4.69, 9.17) is 10.5 Å². The number of aromatic nitrogens is 1. The molecule has 92 valence electrons. The Hall–Kier alpha value is -1.62. The molecule has 0 unspecified atom stereocenters. The van der Waals surface area contributed by atoms with Crippen LogP contribution in [0.4, 0.5) is 5.69 Å². The first-order valence-electron chi connectivity index (χ1n) is 5.73. The van der Waals surface area contributed by atoms with Crippen molar-refractivity contribution in [1.29, 1.82) is 0 Å². The van der Waals surface area contributed by atoms with Crippen LogP contribution in [0.5, 0.6) is 0 Å². The van der Waals surface area contributed by atoms with Crippen molar-refractivity contribution >= 4 is 11.6 Å². The first-order chi connectivity index (χ1) is 8.24. The molecule has 0 bridgehead atoms. The summed E-state index contributed by atoms with van der Waals surface area (Å²) >= 11 is 0. The van der Waals surface area contributed by atoms with Crippen LogP contribution in [0.1, 0.15) is 23.2 Å². The van der Waals surface area contributed by atoms with E-state index in [-0.39, 0.29) is 5.91 Å². The summed E-state index contributed by atoms with van der Waals surface area (Å²) in [6, 6.07) is 2.02. The third-order valence-electron chi connectivity index (χ3n) is 2.87. The third kappa shape index (κ3) is 2.74. The molecule has 1 aromatic heterocycles. The van der Waals surface area contributed by atoms with Gasteiger partial charge < -0.3 is 15.4 Å². The van der Waals surface area contributed by atoms with Gasteiger partial charge in [-0.05, 0) is 18.9 Å². The first kappa shape index (κ1) is 11.9. The second kappa shape index (κ2) is 5.14. The summed E-state index contributed by atoms with van der Waals surface area (Å²) in [4.78, 5) is 18.0. The highest BCUT2D eigenvalue weighted by molar-refractivity contribution is 5.99. The number of anilines is 1. The fraction of sp³-hybridized carbons (Fsp3) is 0.500. The Morgan fingerprint density at radius 2 is 2.41 bits per heavy atom. The van der Waals surface area contributed by atoms with Crippen LogP contribution in [0.15, 0.2) is 18.5 Å². The van der Waals surface area contributed by atoms with Crippen LogP contribution in [0.3, 0.4) is 0 Å². The summed E-state index contributed by atoms with van der Waals surface area (Å²) in [7, 11) is 1.64. The number of pyridine rings is 1. The van der Waals surface area contributed by atoms with Gasteiger partial charge in [0.1, 0.15) is 0 Å². The second-order valence-corrected chi connectivity index (χ2v) is 4.19. The van der Waals surface area contributed by atoms with E-state index in [9.17, 15) is 4.79 Å². The molecule has 0 spiro atoms. The largest absolute Gasteiger partial charge is 0.397 e. The van der Waals surface area contributed by atoms with Gasteiger partial charge in [-0.25, -0.2) is 0 Å². The summed E-state index contributed by atoms with van der Waals surface area (Å²) in [5.74, 6) is -0.0237. The minimum atomic E-state index is -0.0237. The summed E-state index contributed by atoms with van der Waals surface area (Å²) < 4.78 is 5.03. The molecule has 1 amide bonds. The molecule has 5 heteroatoms. The number of nitrogens with zero attached hydrogens (tertiary/aromatic N) is 2. The molecule has 0 aliphatic heterocycles. The van der Waals surface area contributed by atoms with Crippen LogP contribution in [-0.2, 0) is 4.74 Å². The number of carbonyl (C=O) groups is 1. The number of nitrogen functional groups attached to an aromatic ring is 1. The van der Waals surface area contributed by atoms with E-state index in [1.54, 1.807) is 19.4 Å². The van der Waals surface area contributed by atoms with Gasteiger partial charge in [0.2, 0.25) is 0 Å². The van der Waals surface area contributed by atoms with E-state index in [2.05, 4.69) is 4.98 Å². The zero-order chi connectivity index (χ0) is 12.3. The monoisotopic (exact) mass is 235 g/mol. The molecule has 1 aromatic rings. The molecule has 0 aromatic carbocycles. The van der Waals surface area contributed by atoms with E-state index >= 15 is 0 Å². The van der Waals surface area contributed by atoms with Crippen molar-refractivity contribution in [2.45, 2.75) is 18.9 Å². The van der Waals surface area contributed by atoms with Gasteiger partial charge in [-0.1, -0.05) is 0 Å². The molecule has 2 rings (SSSR count). The summed E-state index contributed by atoms with van der Waals surface area (Å²) in [6.45, 7) is 1.16. The Kier molecular flexibility index (Phi) is 3.58. The maximum atomic E-state index is 12.3. The van der Waals surface area contributed by atoms with E-state index in [1.807, 2.05) is 4.90 Å². The smallest absolute Gasteiger partial charge is 0.256 e. The molecule has 2 N–H and O–H groups in total. The number of hydrogen-bond donors (Lipinski definition) is 1. The van der Waals surface area contributed by atoms with Crippen molar-refractivity contribution in [3.8, 4) is 0 Å². The topological polar surface area (TPSA) is 68.5 Å². The average Bonchev–Trinajstić information content (AvgIpc) is 3.14. The highest BCUT2D eigenvalue weighted by Crippen LogP contribution is 2.28. The quantitative estimate of drug-likeness (QED) is 0.823. The Morgan fingerprint density at radius 3 is 3.00 bits per heavy atom. The van der Waals surface area contributed by atoms with Crippen LogP contribution >= 0.6 is 0 Å². The molecule has 1 heterocycles. The Morgan fingerprint density at radius 1 is 1.65 bits per heavy atom. The molecule has 1 saturated carbocycles. The van der Waals surface area contributed by atoms with Gasteiger partial charge in [0.25, 0.3) is 5.91 Å². The van der Waals surface area contributed by atoms with Gasteiger partial charge in [-0.3, -0.25) is 9.78 Å². The minimum absolute atomic E-state index is 0.0237. The van der Waals surface area contributed by atoms with Crippen molar-refractivity contribution in [3.05, 3.63) is 24.0 Å². The standard InChI is InChI=1S/C12H17N3O2/c1-17-7-6-15(9-2-3-9)12(16)10-4-5-14-8-11(10)13/h4-5,8-9H,2-3,6-7,13H2,1H3. The van der Waals surface area contributed by atoms with Gasteiger partial charge >= 0.3 is 0 Å². The van der Waals surface area contributed by atoms with Crippen molar-refractivity contribution in [2.24, 2.45) is 0 Å². The first-order valence-corrected chi connectivity index (χ1v) is 5.73. The summed E-state index contributed by atoms with van der Waals surface area (Å²) in [6.07, 6.45) is 5.24. The number of nitrogens with two attached hydrogens (primary N) is 1. The molecule has 1 aliphatic carbocycles. The summed E-state index contributed by atoms with van der Waals surface area (Å²) in [5, 5.41) is 0. The number of hydrogen-bond acceptors (Lipinski definition) is 4. The highest BCUT2D eigenvalue weighted by Gasteiger charge is 2.33. The van der Waals surface area contributed by atoms with E-state index in [0.717, 1.165) is 12.8 Å². The second-order valence-electron chi connectivity index (χ2n) is 4.19. The number of ether oxygens (including phenoxy) is 1. The van der Waals surface area contributed by atoms with E-state index in [1.165, 1.54) is 6.20 Å². The fourth-order valence-corrected chi connectivity index (χ4v) is 1.78. The SMILES string of the molecule is COCCN(C(=O)c1ccncc1N)C1CC1. The molecular weight excluding hydrogens is 218 g/mol. The van der Waals surface area contributed by atoms with Crippen molar-refractivity contribution in [3.63, 3.8) is 0 Å². The molecule has 0 saturated heterocycles. The number of carbonyl (C=O) groups excluding carboxylic acids is 1. The van der Waals surface area contributed by atoms with E-state index < -0.39 is 0 Å². The normalized spacial score (nSPS) is 14.6. The number of rotatable bonds is 5. The Balaban J connectivity index is 2.13. The van der Waals surface area contributed by atoms with Crippen molar-refractivity contribution in [2.75, 3.05) is 26.0 Å². The Bertz CT molecular complexity index is 404. The lowest BCUT2D eigenvalue weighted by atomic mass is 10.2. The van der Waals surface area contributed by atoms with Crippen LogP contribution in [-0.4, -0.2) is 42.1 Å². The summed E-state index contributed by atoms with van der Waals surface area (Å²) in [5.41, 5.74) is 6.73. The van der Waals surface area contributed by atoms with Gasteiger partial charge in [0.15, 0.2) is 0 Å². The minimum Gasteiger partial charge on any atom is -0.397 e. The molecule has 1 aliphatic rings. The van der Waals surface area contributed by atoms with Gasteiger partial charge in [-0.15, -0.1) is 0 Å². The van der Waals surface area contributed by atoms with Crippen molar-refractivity contribution in [1.82, 2.24) is 9.88 Å². The van der Waals surface area contributed by atoms with Gasteiger partial charge in [0, 0.05) is 25.9 Å². The highest BCUT2D eigenvalue weighted by atomic mass is 16.5. The van der Waals surface area contributed by atoms with Gasteiger partial charge in [0.05, 0.1) is 24.1 Å². The number of methoxy groups -OCH3 is 1. The fourth-order valence-electron chi connectivity index (χ4n) is 1.78. The molecular formula is C12H17N3O2. The van der Waals surface area contributed by atoms with Crippen LogP contribution < -0.4 is 5.73 Å². The number of amides is 1. The lowest BCUT2D eigenvalue weighted by molar-refractivity contribution is 0.0681. The zero-order valence-electron chi connectivity index (χ0n) is 9.93. The molecule has 5 nitrogen and oxygen atoms in total. The van der Waals surface area contributed by atoms with Crippen LogP contribution in [0, 0.1) is 0 Å². The lowest BCUT2D eigenvalue weighted by Gasteiger charge is -2.22. The maximum Gasteiger partial charge on any atom is 0.256 e. The zero-order valence-corrected chi connectivity index (χ0v) is 9.93. The maximum absolute atomic E-state index is 12.3. The van der Waals surface area contributed by atoms with Crippen LogP contribution in [0.25, 0.3) is 0 Å². The predicted octanol–water partition coefficient (Wildman–Crippen LogP) is 0.915. The predicted molar refractivity (Wildman–Crippen MR) is 64.6 cm³/mol. The third-order valence-corrected chi connectivity index (χ3v) is 2.87. The molecule has 1 fully saturated rings. The average molecular weight is 235 g/mol. The van der Waals surface area contributed by atoms with Crippen molar-refractivity contribution < 1.29 is 9.53 Å². The molecule has 0 atom stereocenters. The lowest BCUT2D eigenvalue weighted by Crippen LogP contribution is -2.36. The van der Waals surface area contributed by atoms with Gasteiger partial charge in [-0.2, -0.15) is 0 Å². The van der Waals surface area contributed by atoms with E-state index in [0.29, 0.717) is 30.4 Å². The Labute approximate surface area is 101 Å². The molecule has 17 heavy (non-hydrogen) atoms. The van der Waals surface area contributed by atoms with Crippen LogP contribution in [0.2, 0.25) is 0 Å².